The Labute approximate surface area is 224 Å². The van der Waals surface area contributed by atoms with Gasteiger partial charge in [0.15, 0.2) is 18.2 Å². The first kappa shape index (κ1) is 26.3. The molecule has 1 fully saturated rings. The molecule has 3 N–H and O–H groups in total. The van der Waals surface area contributed by atoms with E-state index in [4.69, 9.17) is 10.5 Å². The van der Waals surface area contributed by atoms with E-state index in [9.17, 15) is 27.6 Å². The van der Waals surface area contributed by atoms with Crippen molar-refractivity contribution in [2.24, 2.45) is 0 Å². The van der Waals surface area contributed by atoms with Crippen molar-refractivity contribution < 1.29 is 32.3 Å². The standard InChI is InChI=1S/C28H25N3O7S/c29-25-22(12-11-21-24(25)27(34)20-10-3-2-9-19(20)26(21)33)28(35)38-16-23(32)30-17-7-6-8-18(15-17)39(36,37)31-13-4-1-5-14-31/h2-3,6-12,15H,1,4-5,13-14,16,29H2,(H,30,32). The second-order valence-corrected chi connectivity index (χ2v) is 11.2. The van der Waals surface area contributed by atoms with E-state index in [1.165, 1.54) is 46.8 Å². The van der Waals surface area contributed by atoms with E-state index >= 15 is 0 Å². The number of hydrogen-bond donors (Lipinski definition) is 2. The number of rotatable bonds is 6. The van der Waals surface area contributed by atoms with Gasteiger partial charge in [0.25, 0.3) is 5.91 Å². The molecule has 3 aromatic carbocycles. The number of benzene rings is 3. The maximum absolute atomic E-state index is 13.0. The molecule has 5 rings (SSSR count). The van der Waals surface area contributed by atoms with Gasteiger partial charge >= 0.3 is 5.97 Å². The third-order valence-corrected chi connectivity index (χ3v) is 8.65. The molecule has 10 nitrogen and oxygen atoms in total. The molecule has 1 aliphatic heterocycles. The summed E-state index contributed by atoms with van der Waals surface area (Å²) in [5, 5.41) is 2.52. The van der Waals surface area contributed by atoms with Crippen molar-refractivity contribution in [2.75, 3.05) is 30.7 Å². The lowest BCUT2D eigenvalue weighted by atomic mass is 9.82. The van der Waals surface area contributed by atoms with Crippen LogP contribution in [0.3, 0.4) is 0 Å². The van der Waals surface area contributed by atoms with Gasteiger partial charge in [-0.1, -0.05) is 36.8 Å². The maximum atomic E-state index is 13.0. The van der Waals surface area contributed by atoms with Gasteiger partial charge in [0.1, 0.15) is 0 Å². The molecule has 0 spiro atoms. The number of carbonyl (C=O) groups excluding carboxylic acids is 4. The fourth-order valence-corrected chi connectivity index (χ4v) is 6.35. The third-order valence-electron chi connectivity index (χ3n) is 6.76. The van der Waals surface area contributed by atoms with Crippen LogP contribution in [0, 0.1) is 0 Å². The number of anilines is 2. The van der Waals surface area contributed by atoms with Gasteiger partial charge in [0.05, 0.1) is 21.7 Å². The average molecular weight is 548 g/mol. The fraction of sp³-hybridized carbons (Fsp3) is 0.214. The molecule has 0 atom stereocenters. The number of piperidine rings is 1. The van der Waals surface area contributed by atoms with E-state index in [1.807, 2.05) is 0 Å². The smallest absolute Gasteiger partial charge is 0.340 e. The van der Waals surface area contributed by atoms with Gasteiger partial charge in [0.2, 0.25) is 10.0 Å². The van der Waals surface area contributed by atoms with E-state index in [0.717, 1.165) is 19.3 Å². The number of sulfonamides is 1. The first-order valence-corrected chi connectivity index (χ1v) is 13.8. The van der Waals surface area contributed by atoms with Crippen LogP contribution in [-0.2, 0) is 19.6 Å². The number of fused-ring (bicyclic) bond motifs is 2. The second-order valence-electron chi connectivity index (χ2n) is 9.27. The Bertz CT molecular complexity index is 1630. The number of nitrogen functional groups attached to an aromatic ring is 1. The summed E-state index contributed by atoms with van der Waals surface area (Å²) in [6, 6.07) is 14.8. The first-order chi connectivity index (χ1) is 18.7. The van der Waals surface area contributed by atoms with Gasteiger partial charge in [-0.3, -0.25) is 14.4 Å². The zero-order valence-electron chi connectivity index (χ0n) is 20.8. The number of nitrogens with two attached hydrogens (primary N) is 1. The van der Waals surface area contributed by atoms with Crippen LogP contribution < -0.4 is 11.1 Å². The van der Waals surface area contributed by atoms with Gasteiger partial charge in [-0.15, -0.1) is 0 Å². The van der Waals surface area contributed by atoms with E-state index in [2.05, 4.69) is 5.32 Å². The summed E-state index contributed by atoms with van der Waals surface area (Å²) in [7, 11) is -3.69. The quantitative estimate of drug-likeness (QED) is 0.276. The monoisotopic (exact) mass is 547 g/mol. The molecule has 0 unspecified atom stereocenters. The molecule has 3 aromatic rings. The number of ketones is 2. The number of nitrogens with zero attached hydrogens (tertiary/aromatic N) is 1. The van der Waals surface area contributed by atoms with Crippen LogP contribution in [0.4, 0.5) is 11.4 Å². The summed E-state index contributed by atoms with van der Waals surface area (Å²) in [6.07, 6.45) is 2.58. The molecule has 11 heteroatoms. The molecule has 2 aliphatic rings. The SMILES string of the molecule is Nc1c(C(=O)OCC(=O)Nc2cccc(S(=O)(=O)N3CCCCC3)c2)ccc2c1C(=O)c1ccccc1C2=O. The topological polar surface area (TPSA) is 153 Å². The number of hydrogen-bond acceptors (Lipinski definition) is 8. The number of amides is 1. The summed E-state index contributed by atoms with van der Waals surface area (Å²) in [6.45, 7) is 0.216. The van der Waals surface area contributed by atoms with Crippen LogP contribution in [0.15, 0.2) is 65.6 Å². The van der Waals surface area contributed by atoms with Crippen molar-refractivity contribution in [3.8, 4) is 0 Å². The summed E-state index contributed by atoms with van der Waals surface area (Å²) < 4.78 is 32.4. The number of ether oxygens (including phenoxy) is 1. The Morgan fingerprint density at radius 3 is 2.28 bits per heavy atom. The van der Waals surface area contributed by atoms with Gasteiger partial charge < -0.3 is 15.8 Å². The van der Waals surface area contributed by atoms with Crippen LogP contribution in [0.1, 0.15) is 61.5 Å². The predicted molar refractivity (Wildman–Crippen MR) is 142 cm³/mol. The Morgan fingerprint density at radius 2 is 1.56 bits per heavy atom. The lowest BCUT2D eigenvalue weighted by Crippen LogP contribution is -2.35. The Hall–Kier alpha value is -4.35. The van der Waals surface area contributed by atoms with E-state index in [-0.39, 0.29) is 49.9 Å². The summed E-state index contributed by atoms with van der Waals surface area (Å²) >= 11 is 0. The van der Waals surface area contributed by atoms with E-state index < -0.39 is 34.3 Å². The van der Waals surface area contributed by atoms with Crippen molar-refractivity contribution in [3.63, 3.8) is 0 Å². The average Bonchev–Trinajstić information content (AvgIpc) is 2.95. The summed E-state index contributed by atoms with van der Waals surface area (Å²) in [5.41, 5.74) is 6.45. The van der Waals surface area contributed by atoms with Crippen LogP contribution in [-0.4, -0.2) is 55.9 Å². The van der Waals surface area contributed by atoms with Crippen molar-refractivity contribution in [3.05, 3.63) is 88.5 Å². The Kier molecular flexibility index (Phi) is 7.02. The molecule has 1 aliphatic carbocycles. The number of nitrogens with one attached hydrogen (secondary N) is 1. The molecule has 1 saturated heterocycles. The number of carbonyl (C=O) groups is 4. The zero-order valence-corrected chi connectivity index (χ0v) is 21.6. The Balaban J connectivity index is 1.27. The van der Waals surface area contributed by atoms with Gasteiger partial charge in [-0.2, -0.15) is 4.31 Å². The fourth-order valence-electron chi connectivity index (χ4n) is 4.78. The third kappa shape index (κ3) is 4.93. The maximum Gasteiger partial charge on any atom is 0.340 e. The summed E-state index contributed by atoms with van der Waals surface area (Å²) in [4.78, 5) is 51.1. The number of esters is 1. The molecule has 0 radical (unpaired) electrons. The molecule has 39 heavy (non-hydrogen) atoms. The highest BCUT2D eigenvalue weighted by Crippen LogP contribution is 2.33. The predicted octanol–water partition coefficient (Wildman–Crippen LogP) is 3.01. The molecule has 0 bridgehead atoms. The van der Waals surface area contributed by atoms with E-state index in [1.54, 1.807) is 18.2 Å². The highest BCUT2D eigenvalue weighted by Gasteiger charge is 2.33. The van der Waals surface area contributed by atoms with Crippen molar-refractivity contribution in [2.45, 2.75) is 24.2 Å². The highest BCUT2D eigenvalue weighted by molar-refractivity contribution is 7.89. The molecule has 1 heterocycles. The van der Waals surface area contributed by atoms with E-state index in [0.29, 0.717) is 13.1 Å². The van der Waals surface area contributed by atoms with Crippen LogP contribution in [0.25, 0.3) is 0 Å². The summed E-state index contributed by atoms with van der Waals surface area (Å²) in [5.74, 6) is -2.52. The first-order valence-electron chi connectivity index (χ1n) is 12.4. The molecular formula is C28H25N3O7S. The van der Waals surface area contributed by atoms with Crippen molar-refractivity contribution in [1.82, 2.24) is 4.31 Å². The molecule has 0 aromatic heterocycles. The lowest BCUT2D eigenvalue weighted by molar-refractivity contribution is -0.119. The lowest BCUT2D eigenvalue weighted by Gasteiger charge is -2.26. The Morgan fingerprint density at radius 1 is 0.872 bits per heavy atom. The minimum atomic E-state index is -3.69. The molecule has 0 saturated carbocycles. The van der Waals surface area contributed by atoms with Crippen LogP contribution >= 0.6 is 0 Å². The molecule has 200 valence electrons. The van der Waals surface area contributed by atoms with Crippen LogP contribution in [0.2, 0.25) is 0 Å². The van der Waals surface area contributed by atoms with Gasteiger partial charge in [-0.05, 0) is 43.2 Å². The van der Waals surface area contributed by atoms with Gasteiger partial charge in [-0.25, -0.2) is 13.2 Å². The van der Waals surface area contributed by atoms with Crippen molar-refractivity contribution >= 4 is 44.8 Å². The highest BCUT2D eigenvalue weighted by atomic mass is 32.2. The minimum Gasteiger partial charge on any atom is -0.452 e. The van der Waals surface area contributed by atoms with Crippen molar-refractivity contribution in [1.29, 1.82) is 0 Å². The minimum absolute atomic E-state index is 0.0572. The normalized spacial score (nSPS) is 15.3. The zero-order chi connectivity index (χ0) is 27.7. The van der Waals surface area contributed by atoms with Crippen LogP contribution in [0.5, 0.6) is 0 Å². The molecule has 1 amide bonds. The molecular weight excluding hydrogens is 522 g/mol. The largest absolute Gasteiger partial charge is 0.452 e. The van der Waals surface area contributed by atoms with Gasteiger partial charge in [0, 0.05) is 35.5 Å². The second kappa shape index (κ2) is 10.4.